The van der Waals surface area contributed by atoms with Gasteiger partial charge in [0, 0.05) is 12.8 Å². The highest BCUT2D eigenvalue weighted by atomic mass is 32.2. The molecule has 0 aliphatic rings. The molecule has 0 atom stereocenters. The third kappa shape index (κ3) is 4.82. The number of para-hydroxylation sites is 2. The molecule has 0 radical (unpaired) electrons. The Hall–Kier alpha value is -2.88. The van der Waals surface area contributed by atoms with Gasteiger partial charge < -0.3 is 14.6 Å². The fourth-order valence-electron chi connectivity index (χ4n) is 2.15. The Morgan fingerprint density at radius 2 is 2.19 bits per heavy atom. The van der Waals surface area contributed by atoms with Crippen molar-refractivity contribution < 1.29 is 14.1 Å². The van der Waals surface area contributed by atoms with Gasteiger partial charge >= 0.3 is 0 Å². The van der Waals surface area contributed by atoms with Gasteiger partial charge in [0.25, 0.3) is 0 Å². The van der Waals surface area contributed by atoms with Gasteiger partial charge in [0.05, 0.1) is 18.6 Å². The van der Waals surface area contributed by atoms with Crippen molar-refractivity contribution in [3.05, 3.63) is 41.8 Å². The van der Waals surface area contributed by atoms with Crippen molar-refractivity contribution in [1.29, 1.82) is 0 Å². The lowest BCUT2D eigenvalue weighted by Gasteiger charge is -2.08. The molecule has 0 spiro atoms. The number of anilines is 1. The second kappa shape index (κ2) is 8.48. The summed E-state index contributed by atoms with van der Waals surface area (Å²) in [6, 6.07) is 7.24. The van der Waals surface area contributed by atoms with Gasteiger partial charge in [-0.1, -0.05) is 29.1 Å². The van der Waals surface area contributed by atoms with Crippen LogP contribution in [0.5, 0.6) is 5.75 Å². The number of H-pyrrole nitrogens is 1. The van der Waals surface area contributed by atoms with E-state index in [4.69, 9.17) is 9.26 Å². The maximum absolute atomic E-state index is 12.1. The Morgan fingerprint density at radius 1 is 1.35 bits per heavy atom. The van der Waals surface area contributed by atoms with Gasteiger partial charge in [0.1, 0.15) is 11.6 Å². The average molecular weight is 374 g/mol. The van der Waals surface area contributed by atoms with E-state index in [1.54, 1.807) is 19.2 Å². The van der Waals surface area contributed by atoms with E-state index in [0.29, 0.717) is 40.5 Å². The number of aromatic nitrogens is 5. The van der Waals surface area contributed by atoms with Gasteiger partial charge in [0.2, 0.25) is 17.0 Å². The van der Waals surface area contributed by atoms with Crippen LogP contribution in [-0.4, -0.2) is 38.3 Å². The number of amides is 1. The number of aryl methyl sites for hydroxylation is 2. The molecule has 10 heteroatoms. The Bertz CT molecular complexity index is 878. The summed E-state index contributed by atoms with van der Waals surface area (Å²) in [5, 5.41) is 14.1. The predicted molar refractivity (Wildman–Crippen MR) is 94.9 cm³/mol. The van der Waals surface area contributed by atoms with E-state index in [0.717, 1.165) is 5.82 Å². The first-order valence-electron chi connectivity index (χ1n) is 7.90. The zero-order chi connectivity index (χ0) is 18.4. The second-order valence-electron chi connectivity index (χ2n) is 5.34. The van der Waals surface area contributed by atoms with E-state index >= 15 is 0 Å². The van der Waals surface area contributed by atoms with Gasteiger partial charge in [0.15, 0.2) is 5.82 Å². The molecular formula is C16H18N6O3S. The highest BCUT2D eigenvalue weighted by molar-refractivity contribution is 7.98. The molecule has 0 aliphatic carbocycles. The molecule has 0 aliphatic heterocycles. The van der Waals surface area contributed by atoms with E-state index in [9.17, 15) is 4.79 Å². The van der Waals surface area contributed by atoms with Crippen LogP contribution in [0.1, 0.15) is 24.0 Å². The third-order valence-electron chi connectivity index (χ3n) is 3.36. The zero-order valence-electron chi connectivity index (χ0n) is 14.4. The van der Waals surface area contributed by atoms with Crippen molar-refractivity contribution in [2.24, 2.45) is 0 Å². The predicted octanol–water partition coefficient (Wildman–Crippen LogP) is 2.37. The molecule has 136 valence electrons. The van der Waals surface area contributed by atoms with Crippen LogP contribution in [0, 0.1) is 6.92 Å². The minimum absolute atomic E-state index is 0.153. The van der Waals surface area contributed by atoms with Crippen LogP contribution in [-0.2, 0) is 17.0 Å². The standard InChI is InChI=1S/C16H18N6O3S/c1-10-17-16(21-20-10)26-9-13-19-15(25-22-13)8-7-14(23)18-11-5-3-4-6-12(11)24-2/h3-6H,7-9H2,1-2H3,(H,18,23)(H,17,20,21). The van der Waals surface area contributed by atoms with Gasteiger partial charge in [-0.05, 0) is 19.1 Å². The topological polar surface area (TPSA) is 119 Å². The molecule has 0 saturated carbocycles. The van der Waals surface area contributed by atoms with Crippen LogP contribution in [0.15, 0.2) is 33.9 Å². The molecule has 1 aromatic carbocycles. The van der Waals surface area contributed by atoms with Gasteiger partial charge in [-0.2, -0.15) is 4.98 Å². The molecule has 0 unspecified atom stereocenters. The monoisotopic (exact) mass is 374 g/mol. The number of nitrogens with zero attached hydrogens (tertiary/aromatic N) is 4. The van der Waals surface area contributed by atoms with Crippen LogP contribution < -0.4 is 10.1 Å². The van der Waals surface area contributed by atoms with Crippen molar-refractivity contribution in [2.75, 3.05) is 12.4 Å². The molecule has 0 saturated heterocycles. The quantitative estimate of drug-likeness (QED) is 0.577. The number of carbonyl (C=O) groups excluding carboxylic acids is 1. The molecule has 9 nitrogen and oxygen atoms in total. The average Bonchev–Trinajstić information content (AvgIpc) is 3.27. The summed E-state index contributed by atoms with van der Waals surface area (Å²) in [6.07, 6.45) is 0.589. The number of ether oxygens (including phenoxy) is 1. The molecule has 3 aromatic rings. The fourth-order valence-corrected chi connectivity index (χ4v) is 2.83. The first-order chi connectivity index (χ1) is 12.6. The zero-order valence-corrected chi connectivity index (χ0v) is 15.2. The highest BCUT2D eigenvalue weighted by Crippen LogP contribution is 2.23. The van der Waals surface area contributed by atoms with Crippen LogP contribution in [0.25, 0.3) is 0 Å². The summed E-state index contributed by atoms with van der Waals surface area (Å²) in [6.45, 7) is 1.83. The smallest absolute Gasteiger partial charge is 0.227 e. The minimum atomic E-state index is -0.153. The molecule has 26 heavy (non-hydrogen) atoms. The van der Waals surface area contributed by atoms with Crippen LogP contribution in [0.3, 0.4) is 0 Å². The number of hydrogen-bond acceptors (Lipinski definition) is 8. The van der Waals surface area contributed by atoms with Crippen molar-refractivity contribution in [3.63, 3.8) is 0 Å². The van der Waals surface area contributed by atoms with Gasteiger partial charge in [-0.15, -0.1) is 5.10 Å². The summed E-state index contributed by atoms with van der Waals surface area (Å²) in [4.78, 5) is 20.6. The lowest BCUT2D eigenvalue weighted by molar-refractivity contribution is -0.116. The molecule has 1 amide bonds. The van der Waals surface area contributed by atoms with Crippen molar-refractivity contribution in [2.45, 2.75) is 30.7 Å². The molecule has 2 N–H and O–H groups in total. The largest absolute Gasteiger partial charge is 0.495 e. The number of benzene rings is 1. The lowest BCUT2D eigenvalue weighted by Crippen LogP contribution is -2.13. The first kappa shape index (κ1) is 17.9. The number of hydrogen-bond donors (Lipinski definition) is 2. The van der Waals surface area contributed by atoms with E-state index in [1.807, 2.05) is 19.1 Å². The van der Waals surface area contributed by atoms with Crippen molar-refractivity contribution in [3.8, 4) is 5.75 Å². The number of nitrogens with one attached hydrogen (secondary N) is 2. The highest BCUT2D eigenvalue weighted by Gasteiger charge is 2.12. The summed E-state index contributed by atoms with van der Waals surface area (Å²) in [7, 11) is 1.56. The summed E-state index contributed by atoms with van der Waals surface area (Å²) in [5.41, 5.74) is 0.629. The Morgan fingerprint density at radius 3 is 2.96 bits per heavy atom. The summed E-state index contributed by atoms with van der Waals surface area (Å²) in [5.74, 6) is 2.66. The molecule has 3 rings (SSSR count). The van der Waals surface area contributed by atoms with E-state index in [-0.39, 0.29) is 12.3 Å². The van der Waals surface area contributed by atoms with Crippen molar-refractivity contribution >= 4 is 23.4 Å². The maximum atomic E-state index is 12.1. The number of rotatable bonds is 8. The molecule has 2 heterocycles. The Kier molecular flexibility index (Phi) is 5.84. The Balaban J connectivity index is 1.47. The third-order valence-corrected chi connectivity index (χ3v) is 4.21. The van der Waals surface area contributed by atoms with Gasteiger partial charge in [-0.25, -0.2) is 4.98 Å². The van der Waals surface area contributed by atoms with E-state index in [1.165, 1.54) is 11.8 Å². The molecule has 0 fully saturated rings. The Labute approximate surface area is 153 Å². The number of aromatic amines is 1. The first-order valence-corrected chi connectivity index (χ1v) is 8.88. The number of thioether (sulfide) groups is 1. The molecule has 2 aromatic heterocycles. The SMILES string of the molecule is COc1ccccc1NC(=O)CCc1nc(CSc2n[nH]c(C)n2)no1. The number of methoxy groups -OCH3 is 1. The lowest BCUT2D eigenvalue weighted by atomic mass is 10.2. The number of carbonyl (C=O) groups is 1. The van der Waals surface area contributed by atoms with E-state index < -0.39 is 0 Å². The molecular weight excluding hydrogens is 356 g/mol. The second-order valence-corrected chi connectivity index (χ2v) is 6.29. The van der Waals surface area contributed by atoms with Crippen LogP contribution >= 0.6 is 11.8 Å². The maximum Gasteiger partial charge on any atom is 0.227 e. The minimum Gasteiger partial charge on any atom is -0.495 e. The van der Waals surface area contributed by atoms with Crippen LogP contribution in [0.4, 0.5) is 5.69 Å². The normalized spacial score (nSPS) is 10.7. The fraction of sp³-hybridized carbons (Fsp3) is 0.312. The molecule has 0 bridgehead atoms. The van der Waals surface area contributed by atoms with Gasteiger partial charge in [-0.3, -0.25) is 9.89 Å². The van der Waals surface area contributed by atoms with Crippen molar-refractivity contribution in [1.82, 2.24) is 25.3 Å². The summed E-state index contributed by atoms with van der Waals surface area (Å²) >= 11 is 1.41. The van der Waals surface area contributed by atoms with Crippen LogP contribution in [0.2, 0.25) is 0 Å². The summed E-state index contributed by atoms with van der Waals surface area (Å²) < 4.78 is 10.4. The van der Waals surface area contributed by atoms with E-state index in [2.05, 4.69) is 30.6 Å².